The second kappa shape index (κ2) is 8.28. The number of rotatable bonds is 3. The quantitative estimate of drug-likeness (QED) is 0.352. The van der Waals surface area contributed by atoms with Crippen molar-refractivity contribution in [2.24, 2.45) is 0 Å². The zero-order valence-corrected chi connectivity index (χ0v) is 16.6. The minimum absolute atomic E-state index is 0.0189. The van der Waals surface area contributed by atoms with Crippen LogP contribution in [0.3, 0.4) is 0 Å². The molecular formula is C23H15ClF3N3O. The average molecular weight is 442 g/mol. The SMILES string of the molecule is O=C(Nc1cccc(C(F)(F)F)c1)Nc1cnc2ccc(Cl)cc2c1-c1ccccc1. The number of hydrogen-bond donors (Lipinski definition) is 2. The van der Waals surface area contributed by atoms with Crippen LogP contribution in [0, 0.1) is 0 Å². The Morgan fingerprint density at radius 1 is 0.903 bits per heavy atom. The number of halogens is 4. The van der Waals surface area contributed by atoms with Gasteiger partial charge in [-0.25, -0.2) is 4.79 Å². The maximum Gasteiger partial charge on any atom is 0.416 e. The summed E-state index contributed by atoms with van der Waals surface area (Å²) in [5.74, 6) is 0. The number of fused-ring (bicyclic) bond motifs is 1. The number of nitrogens with zero attached hydrogens (tertiary/aromatic N) is 1. The lowest BCUT2D eigenvalue weighted by Crippen LogP contribution is -2.20. The van der Waals surface area contributed by atoms with E-state index in [2.05, 4.69) is 15.6 Å². The fourth-order valence-electron chi connectivity index (χ4n) is 3.23. The predicted molar refractivity (Wildman–Crippen MR) is 116 cm³/mol. The van der Waals surface area contributed by atoms with Crippen molar-refractivity contribution >= 4 is 39.9 Å². The van der Waals surface area contributed by atoms with E-state index in [0.717, 1.165) is 23.1 Å². The highest BCUT2D eigenvalue weighted by Crippen LogP contribution is 2.36. The highest BCUT2D eigenvalue weighted by molar-refractivity contribution is 6.31. The molecule has 0 bridgehead atoms. The fraction of sp³-hybridized carbons (Fsp3) is 0.0435. The maximum atomic E-state index is 12.9. The molecule has 0 saturated heterocycles. The Bertz CT molecular complexity index is 1260. The molecule has 0 fully saturated rings. The number of carbonyl (C=O) groups is 1. The van der Waals surface area contributed by atoms with Crippen molar-refractivity contribution in [3.8, 4) is 11.1 Å². The lowest BCUT2D eigenvalue weighted by atomic mass is 9.99. The summed E-state index contributed by atoms with van der Waals surface area (Å²) in [6.07, 6.45) is -3.00. The summed E-state index contributed by atoms with van der Waals surface area (Å²) < 4.78 is 38.8. The summed E-state index contributed by atoms with van der Waals surface area (Å²) in [7, 11) is 0. The molecule has 0 aliphatic carbocycles. The number of urea groups is 1. The highest BCUT2D eigenvalue weighted by atomic mass is 35.5. The van der Waals surface area contributed by atoms with Gasteiger partial charge in [0.25, 0.3) is 0 Å². The van der Waals surface area contributed by atoms with Crippen LogP contribution in [-0.2, 0) is 6.18 Å². The second-order valence-electron chi connectivity index (χ2n) is 6.73. The lowest BCUT2D eigenvalue weighted by molar-refractivity contribution is -0.137. The molecule has 0 atom stereocenters. The summed E-state index contributed by atoms with van der Waals surface area (Å²) in [6.45, 7) is 0. The van der Waals surface area contributed by atoms with Crippen LogP contribution in [0.2, 0.25) is 5.02 Å². The molecule has 2 amide bonds. The van der Waals surface area contributed by atoms with Gasteiger partial charge in [0.15, 0.2) is 0 Å². The van der Waals surface area contributed by atoms with Crippen molar-refractivity contribution in [3.63, 3.8) is 0 Å². The van der Waals surface area contributed by atoms with Crippen LogP contribution in [-0.4, -0.2) is 11.0 Å². The number of amides is 2. The largest absolute Gasteiger partial charge is 0.416 e. The molecule has 0 saturated carbocycles. The summed E-state index contributed by atoms with van der Waals surface area (Å²) in [5.41, 5.74) is 1.78. The van der Waals surface area contributed by atoms with Gasteiger partial charge in [-0.15, -0.1) is 0 Å². The Balaban J connectivity index is 1.69. The van der Waals surface area contributed by atoms with Gasteiger partial charge in [-0.2, -0.15) is 13.2 Å². The third kappa shape index (κ3) is 4.62. The van der Waals surface area contributed by atoms with E-state index < -0.39 is 17.8 Å². The number of carbonyl (C=O) groups excluding carboxylic acids is 1. The zero-order chi connectivity index (χ0) is 22.0. The molecule has 0 radical (unpaired) electrons. The van der Waals surface area contributed by atoms with E-state index in [1.165, 1.54) is 18.3 Å². The van der Waals surface area contributed by atoms with Crippen LogP contribution >= 0.6 is 11.6 Å². The third-order valence-electron chi connectivity index (χ3n) is 4.59. The molecule has 3 aromatic carbocycles. The predicted octanol–water partition coefficient (Wildman–Crippen LogP) is 7.22. The topological polar surface area (TPSA) is 54.0 Å². The number of pyridine rings is 1. The Labute approximate surface area is 180 Å². The highest BCUT2D eigenvalue weighted by Gasteiger charge is 2.30. The van der Waals surface area contributed by atoms with Crippen LogP contribution in [0.15, 0.2) is 79.0 Å². The molecule has 1 heterocycles. The number of aromatic nitrogens is 1. The van der Waals surface area contributed by atoms with Crippen LogP contribution in [0.1, 0.15) is 5.56 Å². The van der Waals surface area contributed by atoms with Gasteiger partial charge in [0.05, 0.1) is 23.0 Å². The van der Waals surface area contributed by atoms with Gasteiger partial charge in [-0.1, -0.05) is 48.0 Å². The number of anilines is 2. The van der Waals surface area contributed by atoms with Crippen molar-refractivity contribution in [2.45, 2.75) is 6.18 Å². The molecule has 4 nitrogen and oxygen atoms in total. The van der Waals surface area contributed by atoms with Crippen molar-refractivity contribution in [3.05, 3.63) is 89.6 Å². The van der Waals surface area contributed by atoms with E-state index in [1.54, 1.807) is 18.2 Å². The first-order valence-electron chi connectivity index (χ1n) is 9.20. The van der Waals surface area contributed by atoms with Crippen molar-refractivity contribution < 1.29 is 18.0 Å². The Morgan fingerprint density at radius 3 is 2.42 bits per heavy atom. The standard InChI is InChI=1S/C23H15ClF3N3O/c24-16-9-10-19-18(12-16)21(14-5-2-1-3-6-14)20(13-28-19)30-22(31)29-17-8-4-7-15(11-17)23(25,26)27/h1-13H,(H2,29,30,31). The smallest absolute Gasteiger partial charge is 0.308 e. The monoisotopic (exact) mass is 441 g/mol. The molecule has 31 heavy (non-hydrogen) atoms. The Morgan fingerprint density at radius 2 is 1.68 bits per heavy atom. The van der Waals surface area contributed by atoms with Gasteiger partial charge in [-0.05, 0) is 42.0 Å². The number of benzene rings is 3. The van der Waals surface area contributed by atoms with Gasteiger partial charge in [0.2, 0.25) is 0 Å². The molecule has 0 aliphatic heterocycles. The second-order valence-corrected chi connectivity index (χ2v) is 7.17. The van der Waals surface area contributed by atoms with Crippen LogP contribution < -0.4 is 10.6 Å². The molecule has 0 unspecified atom stereocenters. The summed E-state index contributed by atoms with van der Waals surface area (Å²) >= 11 is 6.18. The van der Waals surface area contributed by atoms with E-state index in [1.807, 2.05) is 30.3 Å². The molecule has 0 aliphatic rings. The van der Waals surface area contributed by atoms with E-state index in [9.17, 15) is 18.0 Å². The summed E-state index contributed by atoms with van der Waals surface area (Å²) in [5, 5.41) is 6.37. The van der Waals surface area contributed by atoms with Crippen LogP contribution in [0.5, 0.6) is 0 Å². The minimum Gasteiger partial charge on any atom is -0.308 e. The van der Waals surface area contributed by atoms with Gasteiger partial charge in [-0.3, -0.25) is 4.98 Å². The van der Waals surface area contributed by atoms with Gasteiger partial charge < -0.3 is 10.6 Å². The third-order valence-corrected chi connectivity index (χ3v) is 4.82. The van der Waals surface area contributed by atoms with E-state index in [0.29, 0.717) is 21.8 Å². The zero-order valence-electron chi connectivity index (χ0n) is 15.9. The minimum atomic E-state index is -4.50. The van der Waals surface area contributed by atoms with E-state index in [4.69, 9.17) is 11.6 Å². The summed E-state index contributed by atoms with van der Waals surface area (Å²) in [4.78, 5) is 16.9. The average Bonchev–Trinajstić information content (AvgIpc) is 2.73. The molecule has 2 N–H and O–H groups in total. The molecule has 8 heteroatoms. The first-order chi connectivity index (χ1) is 14.8. The number of nitrogens with one attached hydrogen (secondary N) is 2. The van der Waals surface area contributed by atoms with Crippen molar-refractivity contribution in [1.29, 1.82) is 0 Å². The Hall–Kier alpha value is -3.58. The molecule has 4 aromatic rings. The normalized spacial score (nSPS) is 11.4. The number of alkyl halides is 3. The first kappa shape index (κ1) is 20.7. The van der Waals surface area contributed by atoms with Crippen molar-refractivity contribution in [2.75, 3.05) is 10.6 Å². The van der Waals surface area contributed by atoms with Crippen molar-refractivity contribution in [1.82, 2.24) is 4.98 Å². The maximum absolute atomic E-state index is 12.9. The number of hydrogen-bond acceptors (Lipinski definition) is 2. The van der Waals surface area contributed by atoms with Crippen LogP contribution in [0.25, 0.3) is 22.0 Å². The molecule has 0 spiro atoms. The van der Waals surface area contributed by atoms with E-state index >= 15 is 0 Å². The Kier molecular flexibility index (Phi) is 5.52. The fourth-order valence-corrected chi connectivity index (χ4v) is 3.41. The molecule has 156 valence electrons. The lowest BCUT2D eigenvalue weighted by Gasteiger charge is -2.15. The van der Waals surface area contributed by atoms with Gasteiger partial charge >= 0.3 is 12.2 Å². The van der Waals surface area contributed by atoms with Gasteiger partial charge in [0, 0.05) is 21.7 Å². The van der Waals surface area contributed by atoms with E-state index in [-0.39, 0.29) is 5.69 Å². The van der Waals surface area contributed by atoms with Crippen LogP contribution in [0.4, 0.5) is 29.3 Å². The van der Waals surface area contributed by atoms with Gasteiger partial charge in [0.1, 0.15) is 0 Å². The first-order valence-corrected chi connectivity index (χ1v) is 9.58. The molecular weight excluding hydrogens is 427 g/mol. The molecule has 1 aromatic heterocycles. The molecule has 4 rings (SSSR count). The summed E-state index contributed by atoms with van der Waals surface area (Å²) in [6, 6.07) is 18.3.